The van der Waals surface area contributed by atoms with Crippen molar-refractivity contribution in [2.45, 2.75) is 38.0 Å². The van der Waals surface area contributed by atoms with E-state index in [-0.39, 0.29) is 19.3 Å². The van der Waals surface area contributed by atoms with Crippen LogP contribution < -0.4 is 0 Å². The van der Waals surface area contributed by atoms with Crippen LogP contribution in [-0.4, -0.2) is 23.9 Å². The van der Waals surface area contributed by atoms with Gasteiger partial charge in [0.2, 0.25) is 11.6 Å². The van der Waals surface area contributed by atoms with Crippen molar-refractivity contribution in [3.05, 3.63) is 0 Å². The van der Waals surface area contributed by atoms with Gasteiger partial charge in [-0.1, -0.05) is 6.42 Å². The quantitative estimate of drug-likeness (QED) is 0.726. The van der Waals surface area contributed by atoms with Gasteiger partial charge in [0.05, 0.1) is 0 Å². The topological polar surface area (TPSA) is 34.1 Å². The highest BCUT2D eigenvalue weighted by molar-refractivity contribution is 5.89. The summed E-state index contributed by atoms with van der Waals surface area (Å²) in [6.45, 7) is 0. The predicted octanol–water partition coefficient (Wildman–Crippen LogP) is 3.06. The molecular formula is C10H10F6O2. The fourth-order valence-corrected chi connectivity index (χ4v) is 2.13. The molecule has 0 aromatic heterocycles. The molecule has 8 heteroatoms. The molecule has 0 N–H and O–H groups in total. The van der Waals surface area contributed by atoms with Crippen LogP contribution in [0.4, 0.5) is 26.3 Å². The van der Waals surface area contributed by atoms with Gasteiger partial charge in [-0.05, 0) is 19.3 Å². The second kappa shape index (κ2) is 4.89. The summed E-state index contributed by atoms with van der Waals surface area (Å²) in [5.74, 6) is -7.14. The van der Waals surface area contributed by atoms with Gasteiger partial charge in [-0.15, -0.1) is 0 Å². The molecule has 0 aromatic rings. The number of rotatable bonds is 2. The second-order valence-electron chi connectivity index (χ2n) is 4.28. The molecule has 2 atom stereocenters. The Hall–Kier alpha value is -1.08. The van der Waals surface area contributed by atoms with Crippen molar-refractivity contribution in [1.82, 2.24) is 0 Å². The molecule has 104 valence electrons. The van der Waals surface area contributed by atoms with Crippen LogP contribution in [-0.2, 0) is 9.59 Å². The first-order valence-electron chi connectivity index (χ1n) is 5.25. The van der Waals surface area contributed by atoms with E-state index in [9.17, 15) is 35.9 Å². The van der Waals surface area contributed by atoms with Crippen molar-refractivity contribution in [3.8, 4) is 0 Å². The van der Waals surface area contributed by atoms with Gasteiger partial charge in [0.15, 0.2) is 0 Å². The lowest BCUT2D eigenvalue weighted by Crippen LogP contribution is -2.38. The van der Waals surface area contributed by atoms with E-state index in [1.807, 2.05) is 0 Å². The largest absolute Gasteiger partial charge is 0.450 e. The Morgan fingerprint density at radius 2 is 1.11 bits per heavy atom. The Bertz CT molecular complexity index is 311. The molecule has 0 heterocycles. The third-order valence-corrected chi connectivity index (χ3v) is 2.97. The normalized spacial score (nSPS) is 25.9. The Morgan fingerprint density at radius 3 is 1.39 bits per heavy atom. The maximum atomic E-state index is 12.1. The van der Waals surface area contributed by atoms with E-state index < -0.39 is 42.2 Å². The molecule has 1 aliphatic rings. The number of carbonyl (C=O) groups is 2. The molecule has 0 saturated heterocycles. The molecule has 2 nitrogen and oxygen atoms in total. The van der Waals surface area contributed by atoms with E-state index in [1.54, 1.807) is 0 Å². The van der Waals surface area contributed by atoms with Crippen LogP contribution in [0.5, 0.6) is 0 Å². The number of hydrogen-bond donors (Lipinski definition) is 0. The van der Waals surface area contributed by atoms with E-state index in [0.29, 0.717) is 0 Å². The molecule has 0 radical (unpaired) electrons. The van der Waals surface area contributed by atoms with Gasteiger partial charge in [0.25, 0.3) is 0 Å². The summed E-state index contributed by atoms with van der Waals surface area (Å²) >= 11 is 0. The fraction of sp³-hybridized carbons (Fsp3) is 0.800. The van der Waals surface area contributed by atoms with Gasteiger partial charge in [-0.25, -0.2) is 0 Å². The van der Waals surface area contributed by atoms with Crippen LogP contribution in [0.1, 0.15) is 25.7 Å². The molecule has 0 aromatic carbocycles. The molecule has 0 spiro atoms. The van der Waals surface area contributed by atoms with Gasteiger partial charge in [0, 0.05) is 11.8 Å². The first-order valence-corrected chi connectivity index (χ1v) is 5.25. The van der Waals surface area contributed by atoms with Gasteiger partial charge in [-0.3, -0.25) is 9.59 Å². The molecule has 0 amide bonds. The number of carbonyl (C=O) groups excluding carboxylic acids is 2. The van der Waals surface area contributed by atoms with E-state index >= 15 is 0 Å². The minimum absolute atomic E-state index is 0.0129. The molecule has 0 bridgehead atoms. The Morgan fingerprint density at radius 1 is 0.778 bits per heavy atom. The zero-order valence-corrected chi connectivity index (χ0v) is 9.07. The highest BCUT2D eigenvalue weighted by Gasteiger charge is 2.49. The predicted molar refractivity (Wildman–Crippen MR) is 47.6 cm³/mol. The smallest absolute Gasteiger partial charge is 0.289 e. The standard InChI is InChI=1S/C10H10F6O2/c11-9(12,13)7(17)5-2-1-3-6(4-5)8(18)10(14,15)16/h5-6H,1-4H2. The molecule has 1 saturated carbocycles. The molecule has 1 rings (SSSR count). The zero-order valence-electron chi connectivity index (χ0n) is 9.07. The maximum absolute atomic E-state index is 12.1. The SMILES string of the molecule is O=C(C1CCCC(C(=O)C(F)(F)F)C1)C(F)(F)F. The average Bonchev–Trinajstić information content (AvgIpc) is 2.24. The Balaban J connectivity index is 2.74. The first kappa shape index (κ1) is 15.0. The van der Waals surface area contributed by atoms with Gasteiger partial charge in [0.1, 0.15) is 0 Å². The number of alkyl halides is 6. The summed E-state index contributed by atoms with van der Waals surface area (Å²) in [5, 5.41) is 0. The van der Waals surface area contributed by atoms with Crippen LogP contribution in [0.3, 0.4) is 0 Å². The molecule has 2 unspecified atom stereocenters. The van der Waals surface area contributed by atoms with E-state index in [2.05, 4.69) is 0 Å². The molecule has 1 aliphatic carbocycles. The van der Waals surface area contributed by atoms with Crippen LogP contribution in [0, 0.1) is 11.8 Å². The summed E-state index contributed by atoms with van der Waals surface area (Å²) in [4.78, 5) is 21.8. The van der Waals surface area contributed by atoms with Gasteiger partial charge < -0.3 is 0 Å². The van der Waals surface area contributed by atoms with Crippen LogP contribution in [0.25, 0.3) is 0 Å². The van der Waals surface area contributed by atoms with Crippen molar-refractivity contribution < 1.29 is 35.9 Å². The van der Waals surface area contributed by atoms with Crippen molar-refractivity contribution in [1.29, 1.82) is 0 Å². The highest BCUT2D eigenvalue weighted by atomic mass is 19.4. The van der Waals surface area contributed by atoms with E-state index in [4.69, 9.17) is 0 Å². The lowest BCUT2D eigenvalue weighted by atomic mass is 9.77. The van der Waals surface area contributed by atoms with Crippen molar-refractivity contribution in [2.75, 3.05) is 0 Å². The van der Waals surface area contributed by atoms with Crippen LogP contribution in [0.2, 0.25) is 0 Å². The summed E-state index contributed by atoms with van der Waals surface area (Å²) in [6, 6.07) is 0. The Labute approximate surface area is 98.3 Å². The Kier molecular flexibility index (Phi) is 4.07. The highest BCUT2D eigenvalue weighted by Crippen LogP contribution is 2.37. The number of hydrogen-bond acceptors (Lipinski definition) is 2. The lowest BCUT2D eigenvalue weighted by Gasteiger charge is -2.28. The molecular weight excluding hydrogens is 266 g/mol. The van der Waals surface area contributed by atoms with E-state index in [1.165, 1.54) is 0 Å². The number of Topliss-reactive ketones (excluding diaryl/α,β-unsaturated/α-hetero) is 2. The summed E-state index contributed by atoms with van der Waals surface area (Å²) < 4.78 is 72.8. The van der Waals surface area contributed by atoms with Crippen molar-refractivity contribution >= 4 is 11.6 Å². The minimum atomic E-state index is -5.06. The maximum Gasteiger partial charge on any atom is 0.450 e. The van der Waals surface area contributed by atoms with Gasteiger partial charge >= 0.3 is 12.4 Å². The summed E-state index contributed by atoms with van der Waals surface area (Å²) in [7, 11) is 0. The average molecular weight is 276 g/mol. The van der Waals surface area contributed by atoms with Crippen molar-refractivity contribution in [3.63, 3.8) is 0 Å². The van der Waals surface area contributed by atoms with Gasteiger partial charge in [-0.2, -0.15) is 26.3 Å². The monoisotopic (exact) mass is 276 g/mol. The fourth-order valence-electron chi connectivity index (χ4n) is 2.13. The number of halogens is 6. The molecule has 18 heavy (non-hydrogen) atoms. The summed E-state index contributed by atoms with van der Waals surface area (Å²) in [5.41, 5.74) is 0. The number of ketones is 2. The van der Waals surface area contributed by atoms with Crippen LogP contribution >= 0.6 is 0 Å². The summed E-state index contributed by atoms with van der Waals surface area (Å²) in [6.07, 6.45) is -11.0. The third kappa shape index (κ3) is 3.46. The first-order chi connectivity index (χ1) is 8.03. The zero-order chi connectivity index (χ0) is 14.1. The third-order valence-electron chi connectivity index (χ3n) is 2.97. The molecule has 0 aliphatic heterocycles. The molecule has 1 fully saturated rings. The second-order valence-corrected chi connectivity index (χ2v) is 4.28. The minimum Gasteiger partial charge on any atom is -0.289 e. The van der Waals surface area contributed by atoms with Crippen LogP contribution in [0.15, 0.2) is 0 Å². The lowest BCUT2D eigenvalue weighted by molar-refractivity contribution is -0.182. The van der Waals surface area contributed by atoms with E-state index in [0.717, 1.165) is 0 Å². The van der Waals surface area contributed by atoms with Crippen molar-refractivity contribution in [2.24, 2.45) is 11.8 Å².